The van der Waals surface area contributed by atoms with Crippen molar-refractivity contribution in [3.63, 3.8) is 0 Å². The maximum atomic E-state index is 13.1. The molecule has 1 saturated heterocycles. The summed E-state index contributed by atoms with van der Waals surface area (Å²) in [6.07, 6.45) is 7.73. The van der Waals surface area contributed by atoms with Gasteiger partial charge in [0, 0.05) is 56.8 Å². The van der Waals surface area contributed by atoms with Gasteiger partial charge in [0.15, 0.2) is 5.65 Å². The minimum atomic E-state index is -0.541. The molecule has 0 bridgehead atoms. The van der Waals surface area contributed by atoms with Crippen molar-refractivity contribution in [2.24, 2.45) is 0 Å². The summed E-state index contributed by atoms with van der Waals surface area (Å²) in [4.78, 5) is 24.7. The second-order valence-electron chi connectivity index (χ2n) is 9.44. The number of hydrogen-bond donors (Lipinski definition) is 3. The van der Waals surface area contributed by atoms with E-state index in [9.17, 15) is 9.90 Å². The van der Waals surface area contributed by atoms with Gasteiger partial charge >= 0.3 is 0 Å². The third-order valence-electron chi connectivity index (χ3n) is 7.40. The zero-order valence-electron chi connectivity index (χ0n) is 20.4. The SMILES string of the molecule is CNc1cc(-c2cnc3n(CC(O)N4CCC4)cccc2-3)nc2c(C(=O)N[C@H]3CC[C@@H]3OC)cnn12. The number of carbonyl (C=O) groups excluding carboxylic acids is 1. The molecular weight excluding hydrogens is 460 g/mol. The highest BCUT2D eigenvalue weighted by Gasteiger charge is 2.33. The van der Waals surface area contributed by atoms with Crippen molar-refractivity contribution in [3.05, 3.63) is 42.4 Å². The van der Waals surface area contributed by atoms with E-state index in [2.05, 4.69) is 25.6 Å². The van der Waals surface area contributed by atoms with Crippen LogP contribution in [0.25, 0.3) is 28.3 Å². The van der Waals surface area contributed by atoms with Gasteiger partial charge in [-0.25, -0.2) is 9.97 Å². The Morgan fingerprint density at radius 3 is 2.83 bits per heavy atom. The molecule has 1 saturated carbocycles. The molecule has 2 fully saturated rings. The number of amides is 1. The molecule has 1 aliphatic carbocycles. The molecule has 1 unspecified atom stereocenters. The van der Waals surface area contributed by atoms with Crippen LogP contribution in [0, 0.1) is 0 Å². The summed E-state index contributed by atoms with van der Waals surface area (Å²) in [7, 11) is 3.48. The summed E-state index contributed by atoms with van der Waals surface area (Å²) < 4.78 is 9.03. The lowest BCUT2D eigenvalue weighted by Gasteiger charge is -2.35. The third-order valence-corrected chi connectivity index (χ3v) is 7.40. The summed E-state index contributed by atoms with van der Waals surface area (Å²) >= 11 is 0. The topological polar surface area (TPSA) is 122 Å². The zero-order chi connectivity index (χ0) is 24.8. The molecule has 2 aromatic heterocycles. The summed E-state index contributed by atoms with van der Waals surface area (Å²) in [5, 5.41) is 21.2. The molecule has 6 rings (SSSR count). The summed E-state index contributed by atoms with van der Waals surface area (Å²) in [5.74, 6) is 1.27. The number of likely N-dealkylation sites (tertiary alicyclic amines) is 1. The van der Waals surface area contributed by atoms with E-state index in [1.54, 1.807) is 24.0 Å². The minimum Gasteiger partial charge on any atom is -0.379 e. The Kier molecular flexibility index (Phi) is 5.82. The highest BCUT2D eigenvalue weighted by Crippen LogP contribution is 2.34. The summed E-state index contributed by atoms with van der Waals surface area (Å²) in [6.45, 7) is 2.28. The van der Waals surface area contributed by atoms with Gasteiger partial charge in [-0.2, -0.15) is 9.61 Å². The highest BCUT2D eigenvalue weighted by molar-refractivity contribution is 6.00. The Bertz CT molecular complexity index is 1380. The highest BCUT2D eigenvalue weighted by atomic mass is 16.5. The molecule has 2 aromatic rings. The Morgan fingerprint density at radius 2 is 2.14 bits per heavy atom. The van der Waals surface area contributed by atoms with Gasteiger partial charge in [-0.15, -0.1) is 0 Å². The summed E-state index contributed by atoms with van der Waals surface area (Å²) in [6, 6.07) is 5.85. The predicted octanol–water partition coefficient (Wildman–Crippen LogP) is 1.67. The Labute approximate surface area is 208 Å². The molecule has 11 heteroatoms. The Balaban J connectivity index is 1.34. The average molecular weight is 491 g/mol. The van der Waals surface area contributed by atoms with Crippen LogP contribution in [-0.2, 0) is 11.3 Å². The molecule has 0 radical (unpaired) electrons. The number of nitrogens with zero attached hydrogens (tertiary/aromatic N) is 6. The first-order valence-electron chi connectivity index (χ1n) is 12.3. The van der Waals surface area contributed by atoms with E-state index in [1.165, 1.54) is 0 Å². The maximum absolute atomic E-state index is 13.1. The predicted molar refractivity (Wildman–Crippen MR) is 134 cm³/mol. The number of rotatable bonds is 8. The average Bonchev–Trinajstić information content (AvgIpc) is 3.45. The van der Waals surface area contributed by atoms with Crippen LogP contribution in [0.3, 0.4) is 0 Å². The van der Waals surface area contributed by atoms with E-state index in [0.29, 0.717) is 29.3 Å². The molecule has 188 valence electrons. The largest absolute Gasteiger partial charge is 0.379 e. The fraction of sp³-hybridized carbons (Fsp3) is 0.440. The number of ether oxygens (including phenoxy) is 1. The van der Waals surface area contributed by atoms with Crippen molar-refractivity contribution in [1.82, 2.24) is 34.4 Å². The first-order chi connectivity index (χ1) is 17.6. The van der Waals surface area contributed by atoms with Crippen LogP contribution < -0.4 is 10.6 Å². The number of aliphatic hydroxyl groups is 1. The van der Waals surface area contributed by atoms with Crippen molar-refractivity contribution in [2.75, 3.05) is 32.6 Å². The second kappa shape index (κ2) is 9.16. The van der Waals surface area contributed by atoms with Gasteiger partial charge < -0.3 is 25.0 Å². The van der Waals surface area contributed by atoms with Crippen LogP contribution in [0.5, 0.6) is 0 Å². The number of aromatic nitrogens is 5. The molecule has 1 amide bonds. The van der Waals surface area contributed by atoms with Crippen LogP contribution in [0.1, 0.15) is 29.6 Å². The molecular formula is C25H30N8O3. The molecule has 0 spiro atoms. The van der Waals surface area contributed by atoms with E-state index in [0.717, 1.165) is 49.3 Å². The fourth-order valence-corrected chi connectivity index (χ4v) is 4.98. The third kappa shape index (κ3) is 3.80. The van der Waals surface area contributed by atoms with E-state index in [-0.39, 0.29) is 18.1 Å². The van der Waals surface area contributed by atoms with Crippen molar-refractivity contribution in [1.29, 1.82) is 0 Å². The molecule has 5 heterocycles. The molecule has 4 aliphatic rings. The quantitative estimate of drug-likeness (QED) is 0.341. The summed E-state index contributed by atoms with van der Waals surface area (Å²) in [5.41, 5.74) is 3.34. The molecule has 3 aliphatic heterocycles. The second-order valence-corrected chi connectivity index (χ2v) is 9.44. The van der Waals surface area contributed by atoms with Crippen molar-refractivity contribution >= 4 is 17.4 Å². The van der Waals surface area contributed by atoms with Crippen LogP contribution >= 0.6 is 0 Å². The molecule has 3 N–H and O–H groups in total. The smallest absolute Gasteiger partial charge is 0.257 e. The number of anilines is 1. The van der Waals surface area contributed by atoms with E-state index < -0.39 is 6.23 Å². The van der Waals surface area contributed by atoms with Crippen molar-refractivity contribution in [2.45, 2.75) is 44.2 Å². The van der Waals surface area contributed by atoms with Crippen LogP contribution in [0.15, 0.2) is 36.8 Å². The van der Waals surface area contributed by atoms with Gasteiger partial charge in [-0.05, 0) is 31.4 Å². The number of hydrogen-bond acceptors (Lipinski definition) is 8. The lowest BCUT2D eigenvalue weighted by Crippen LogP contribution is -2.51. The monoisotopic (exact) mass is 490 g/mol. The molecule has 36 heavy (non-hydrogen) atoms. The first kappa shape index (κ1) is 22.9. The van der Waals surface area contributed by atoms with Gasteiger partial charge in [0.1, 0.15) is 23.4 Å². The number of methoxy groups -OCH3 is 1. The Hall–Kier alpha value is -3.54. The number of nitrogens with one attached hydrogen (secondary N) is 2. The van der Waals surface area contributed by atoms with Crippen LogP contribution in [0.2, 0.25) is 0 Å². The number of fused-ring (bicyclic) bond motifs is 2. The minimum absolute atomic E-state index is 0.00493. The van der Waals surface area contributed by atoms with E-state index >= 15 is 0 Å². The van der Waals surface area contributed by atoms with Crippen molar-refractivity contribution in [3.8, 4) is 22.6 Å². The van der Waals surface area contributed by atoms with Gasteiger partial charge in [-0.3, -0.25) is 9.69 Å². The molecule has 11 nitrogen and oxygen atoms in total. The number of aliphatic hydroxyl groups excluding tert-OH is 1. The fourth-order valence-electron chi connectivity index (χ4n) is 4.98. The normalized spacial score (nSPS) is 20.8. The van der Waals surface area contributed by atoms with Crippen LogP contribution in [-0.4, -0.2) is 85.7 Å². The number of carbonyl (C=O) groups is 1. The van der Waals surface area contributed by atoms with Gasteiger partial charge in [0.05, 0.1) is 30.6 Å². The standard InChI is InChI=1S/C25H30N8O3/c1-26-21-11-19(29-24-17(13-28-33(21)24)25(35)30-18-6-7-20(18)36-2)16-12-27-23-15(16)5-3-8-32(23)14-22(34)31-9-4-10-31/h3,5,8,11-13,18,20,22,26,34H,4,6-7,9-10,14H2,1-2H3,(H,30,35)/t18-,20-,22?/m0/s1. The van der Waals surface area contributed by atoms with E-state index in [1.807, 2.05) is 36.0 Å². The van der Waals surface area contributed by atoms with Gasteiger partial charge in [0.25, 0.3) is 5.91 Å². The molecule has 0 aromatic carbocycles. The van der Waals surface area contributed by atoms with Gasteiger partial charge in [0.2, 0.25) is 0 Å². The van der Waals surface area contributed by atoms with Gasteiger partial charge in [-0.1, -0.05) is 0 Å². The first-order valence-corrected chi connectivity index (χ1v) is 12.3. The maximum Gasteiger partial charge on any atom is 0.257 e. The zero-order valence-corrected chi connectivity index (χ0v) is 20.4. The van der Waals surface area contributed by atoms with E-state index in [4.69, 9.17) is 9.72 Å². The lowest BCUT2D eigenvalue weighted by atomic mass is 9.89. The Morgan fingerprint density at radius 1 is 1.28 bits per heavy atom. The van der Waals surface area contributed by atoms with Crippen LogP contribution in [0.4, 0.5) is 5.82 Å². The van der Waals surface area contributed by atoms with Crippen molar-refractivity contribution < 1.29 is 14.6 Å². The molecule has 3 atom stereocenters. The number of pyridine rings is 1. The lowest BCUT2D eigenvalue weighted by molar-refractivity contribution is -0.0440.